The zero-order valence-corrected chi connectivity index (χ0v) is 17.8. The molecule has 1 aromatic rings. The third-order valence-corrected chi connectivity index (χ3v) is 5.90. The first-order chi connectivity index (χ1) is 14.2. The molecule has 3 rings (SSSR count). The second-order valence-corrected chi connectivity index (χ2v) is 8.43. The molecule has 0 spiro atoms. The number of ether oxygens (including phenoxy) is 2. The molecule has 2 aliphatic heterocycles. The summed E-state index contributed by atoms with van der Waals surface area (Å²) in [6.45, 7) is 8.65. The van der Waals surface area contributed by atoms with Crippen LogP contribution < -0.4 is 15.4 Å². The van der Waals surface area contributed by atoms with E-state index in [1.165, 1.54) is 25.9 Å². The standard InChI is InChI=1S/C23H37N3O3/c1-19-10-14-26(15-11-19)13-3-2-12-24-23(27)25-17-20-6-8-21(9-7-20)29-18-22-5-4-16-28-22/h6-9,19,22H,2-5,10-18H2,1H3,(H2,24,25,27)/t22-/m1/s1. The molecule has 1 atom stereocenters. The topological polar surface area (TPSA) is 62.8 Å². The van der Waals surface area contributed by atoms with Crippen LogP contribution in [0.3, 0.4) is 0 Å². The number of amides is 2. The predicted octanol–water partition coefficient (Wildman–Crippen LogP) is 3.56. The second-order valence-electron chi connectivity index (χ2n) is 8.43. The maximum atomic E-state index is 12.0. The zero-order valence-electron chi connectivity index (χ0n) is 17.8. The predicted molar refractivity (Wildman–Crippen MR) is 115 cm³/mol. The van der Waals surface area contributed by atoms with Gasteiger partial charge in [-0.05, 0) is 81.8 Å². The van der Waals surface area contributed by atoms with Crippen LogP contribution in [0.4, 0.5) is 4.79 Å². The number of carbonyl (C=O) groups is 1. The average molecular weight is 404 g/mol. The highest BCUT2D eigenvalue weighted by Crippen LogP contribution is 2.17. The van der Waals surface area contributed by atoms with Gasteiger partial charge in [-0.2, -0.15) is 0 Å². The molecule has 29 heavy (non-hydrogen) atoms. The van der Waals surface area contributed by atoms with Crippen molar-refractivity contribution < 1.29 is 14.3 Å². The number of urea groups is 1. The molecule has 2 heterocycles. The molecule has 1 aromatic carbocycles. The van der Waals surface area contributed by atoms with Gasteiger partial charge < -0.3 is 25.0 Å². The van der Waals surface area contributed by atoms with E-state index in [1.807, 2.05) is 24.3 Å². The van der Waals surface area contributed by atoms with Crippen LogP contribution in [0.2, 0.25) is 0 Å². The van der Waals surface area contributed by atoms with Crippen LogP contribution in [0.15, 0.2) is 24.3 Å². The highest BCUT2D eigenvalue weighted by atomic mass is 16.5. The fourth-order valence-electron chi connectivity index (χ4n) is 3.86. The van der Waals surface area contributed by atoms with Crippen molar-refractivity contribution in [3.8, 4) is 5.75 Å². The molecule has 0 aliphatic carbocycles. The minimum atomic E-state index is -0.101. The first-order valence-electron chi connectivity index (χ1n) is 11.3. The van der Waals surface area contributed by atoms with E-state index in [0.717, 1.165) is 62.6 Å². The monoisotopic (exact) mass is 403 g/mol. The van der Waals surface area contributed by atoms with E-state index in [0.29, 0.717) is 13.2 Å². The number of unbranched alkanes of at least 4 members (excludes halogenated alkanes) is 1. The van der Waals surface area contributed by atoms with Crippen LogP contribution in [0, 0.1) is 5.92 Å². The zero-order chi connectivity index (χ0) is 20.3. The van der Waals surface area contributed by atoms with Crippen LogP contribution in [-0.4, -0.2) is 56.4 Å². The van der Waals surface area contributed by atoms with E-state index in [-0.39, 0.29) is 12.1 Å². The number of piperidine rings is 1. The number of hydrogen-bond donors (Lipinski definition) is 2. The Morgan fingerprint density at radius 3 is 2.66 bits per heavy atom. The van der Waals surface area contributed by atoms with Gasteiger partial charge in [-0.25, -0.2) is 4.79 Å². The number of nitrogens with one attached hydrogen (secondary N) is 2. The Kier molecular flexibility index (Phi) is 9.09. The highest BCUT2D eigenvalue weighted by molar-refractivity contribution is 5.73. The highest BCUT2D eigenvalue weighted by Gasteiger charge is 2.16. The smallest absolute Gasteiger partial charge is 0.315 e. The summed E-state index contributed by atoms with van der Waals surface area (Å²) in [4.78, 5) is 14.5. The summed E-state index contributed by atoms with van der Waals surface area (Å²) in [6, 6.07) is 7.78. The Balaban J connectivity index is 1.21. The Bertz CT molecular complexity index is 594. The van der Waals surface area contributed by atoms with Crippen molar-refractivity contribution in [1.29, 1.82) is 0 Å². The van der Waals surface area contributed by atoms with Crippen molar-refractivity contribution in [2.75, 3.05) is 39.4 Å². The van der Waals surface area contributed by atoms with E-state index >= 15 is 0 Å². The van der Waals surface area contributed by atoms with Gasteiger partial charge in [0, 0.05) is 19.7 Å². The molecule has 0 unspecified atom stereocenters. The molecule has 162 valence electrons. The van der Waals surface area contributed by atoms with Crippen molar-refractivity contribution >= 4 is 6.03 Å². The molecule has 2 fully saturated rings. The van der Waals surface area contributed by atoms with Gasteiger partial charge in [0.1, 0.15) is 12.4 Å². The number of hydrogen-bond acceptors (Lipinski definition) is 4. The Hall–Kier alpha value is -1.79. The van der Waals surface area contributed by atoms with Crippen LogP contribution in [-0.2, 0) is 11.3 Å². The van der Waals surface area contributed by atoms with Gasteiger partial charge in [0.05, 0.1) is 6.10 Å². The van der Waals surface area contributed by atoms with E-state index in [2.05, 4.69) is 22.5 Å². The molecule has 0 aromatic heterocycles. The molecule has 6 heteroatoms. The van der Waals surface area contributed by atoms with Gasteiger partial charge >= 0.3 is 6.03 Å². The lowest BCUT2D eigenvalue weighted by Gasteiger charge is -2.30. The largest absolute Gasteiger partial charge is 0.491 e. The van der Waals surface area contributed by atoms with Gasteiger partial charge in [-0.3, -0.25) is 0 Å². The summed E-state index contributed by atoms with van der Waals surface area (Å²) in [5.41, 5.74) is 1.06. The molecule has 0 saturated carbocycles. The summed E-state index contributed by atoms with van der Waals surface area (Å²) in [5, 5.41) is 5.87. The summed E-state index contributed by atoms with van der Waals surface area (Å²) in [7, 11) is 0. The van der Waals surface area contributed by atoms with Crippen LogP contribution in [0.5, 0.6) is 5.75 Å². The van der Waals surface area contributed by atoms with E-state index < -0.39 is 0 Å². The van der Waals surface area contributed by atoms with E-state index in [4.69, 9.17) is 9.47 Å². The van der Waals surface area contributed by atoms with E-state index in [9.17, 15) is 4.79 Å². The minimum absolute atomic E-state index is 0.101. The second kappa shape index (κ2) is 12.0. The molecule has 2 N–H and O–H groups in total. The molecule has 2 aliphatic rings. The first kappa shape index (κ1) is 21.9. The average Bonchev–Trinajstić information content (AvgIpc) is 3.26. The van der Waals surface area contributed by atoms with Crippen molar-refractivity contribution in [3.05, 3.63) is 29.8 Å². The van der Waals surface area contributed by atoms with Gasteiger partial charge in [-0.1, -0.05) is 19.1 Å². The summed E-state index contributed by atoms with van der Waals surface area (Å²) < 4.78 is 11.3. The number of carbonyl (C=O) groups excluding carboxylic acids is 1. The maximum absolute atomic E-state index is 12.0. The van der Waals surface area contributed by atoms with Crippen LogP contribution in [0.1, 0.15) is 51.0 Å². The van der Waals surface area contributed by atoms with Gasteiger partial charge in [0.15, 0.2) is 0 Å². The van der Waals surface area contributed by atoms with Crippen LogP contribution in [0.25, 0.3) is 0 Å². The Labute approximate surface area is 175 Å². The Morgan fingerprint density at radius 2 is 1.93 bits per heavy atom. The third kappa shape index (κ3) is 8.23. The lowest BCUT2D eigenvalue weighted by Crippen LogP contribution is -2.36. The summed E-state index contributed by atoms with van der Waals surface area (Å²) >= 11 is 0. The molecular formula is C23H37N3O3. The number of rotatable bonds is 10. The fraction of sp³-hybridized carbons (Fsp3) is 0.696. The number of likely N-dealkylation sites (tertiary alicyclic amines) is 1. The number of nitrogens with zero attached hydrogens (tertiary/aromatic N) is 1. The molecule has 0 bridgehead atoms. The van der Waals surface area contributed by atoms with Crippen molar-refractivity contribution in [2.45, 2.75) is 58.1 Å². The molecular weight excluding hydrogens is 366 g/mol. The molecule has 6 nitrogen and oxygen atoms in total. The normalized spacial score (nSPS) is 20.5. The van der Waals surface area contributed by atoms with Gasteiger partial charge in [-0.15, -0.1) is 0 Å². The van der Waals surface area contributed by atoms with Crippen molar-refractivity contribution in [1.82, 2.24) is 15.5 Å². The Morgan fingerprint density at radius 1 is 1.14 bits per heavy atom. The molecule has 2 amide bonds. The van der Waals surface area contributed by atoms with Crippen LogP contribution >= 0.6 is 0 Å². The lowest BCUT2D eigenvalue weighted by molar-refractivity contribution is 0.0679. The molecule has 0 radical (unpaired) electrons. The van der Waals surface area contributed by atoms with E-state index in [1.54, 1.807) is 0 Å². The molecule has 2 saturated heterocycles. The number of benzene rings is 1. The van der Waals surface area contributed by atoms with Gasteiger partial charge in [0.2, 0.25) is 0 Å². The summed E-state index contributed by atoms with van der Waals surface area (Å²) in [5.74, 6) is 1.73. The fourth-order valence-corrected chi connectivity index (χ4v) is 3.86. The van der Waals surface area contributed by atoms with Crippen molar-refractivity contribution in [2.24, 2.45) is 5.92 Å². The lowest BCUT2D eigenvalue weighted by atomic mass is 9.99. The van der Waals surface area contributed by atoms with Gasteiger partial charge in [0.25, 0.3) is 0 Å². The van der Waals surface area contributed by atoms with Crippen molar-refractivity contribution in [3.63, 3.8) is 0 Å². The first-order valence-corrected chi connectivity index (χ1v) is 11.3. The quantitative estimate of drug-likeness (QED) is 0.587. The minimum Gasteiger partial charge on any atom is -0.491 e. The summed E-state index contributed by atoms with van der Waals surface area (Å²) in [6.07, 6.45) is 7.24. The maximum Gasteiger partial charge on any atom is 0.315 e. The third-order valence-electron chi connectivity index (χ3n) is 5.90. The SMILES string of the molecule is CC1CCN(CCCCNC(=O)NCc2ccc(OC[C@H]3CCCO3)cc2)CC1.